The van der Waals surface area contributed by atoms with Crippen molar-refractivity contribution in [1.82, 2.24) is 15.0 Å². The summed E-state index contributed by atoms with van der Waals surface area (Å²) in [5, 5.41) is 6.89. The van der Waals surface area contributed by atoms with Gasteiger partial charge in [0.2, 0.25) is 5.89 Å². The summed E-state index contributed by atoms with van der Waals surface area (Å²) in [6, 6.07) is 19.0. The number of amides is 2. The van der Waals surface area contributed by atoms with Crippen molar-refractivity contribution in [3.8, 4) is 0 Å². The average molecular weight is 416 g/mol. The lowest BCUT2D eigenvalue weighted by Gasteiger charge is -2.24. The predicted molar refractivity (Wildman–Crippen MR) is 114 cm³/mol. The first-order valence-electron chi connectivity index (χ1n) is 10.7. The molecule has 31 heavy (non-hydrogen) atoms. The van der Waals surface area contributed by atoms with Crippen molar-refractivity contribution in [2.45, 2.75) is 31.1 Å². The van der Waals surface area contributed by atoms with Gasteiger partial charge in [-0.15, -0.1) is 0 Å². The molecule has 2 fully saturated rings. The molecule has 5 rings (SSSR count). The van der Waals surface area contributed by atoms with E-state index >= 15 is 0 Å². The Hall–Kier alpha value is -3.48. The van der Waals surface area contributed by atoms with Crippen LogP contribution in [0.1, 0.15) is 36.5 Å². The van der Waals surface area contributed by atoms with Gasteiger partial charge in [0.05, 0.1) is 5.41 Å². The first kappa shape index (κ1) is 19.5. The third-order valence-electron chi connectivity index (χ3n) is 6.48. The highest BCUT2D eigenvalue weighted by atomic mass is 16.5. The van der Waals surface area contributed by atoms with Gasteiger partial charge >= 0.3 is 11.8 Å². The third-order valence-corrected chi connectivity index (χ3v) is 6.48. The molecule has 2 aromatic carbocycles. The van der Waals surface area contributed by atoms with Crippen LogP contribution >= 0.6 is 0 Å². The number of benzene rings is 2. The van der Waals surface area contributed by atoms with Crippen LogP contribution in [0.2, 0.25) is 0 Å². The smallest absolute Gasteiger partial charge is 0.313 e. The molecule has 1 aliphatic heterocycles. The number of para-hydroxylation sites is 1. The number of anilines is 1. The lowest BCUT2D eigenvalue weighted by Crippen LogP contribution is -2.40. The topological polar surface area (TPSA) is 88.3 Å². The van der Waals surface area contributed by atoms with E-state index in [2.05, 4.69) is 10.5 Å². The van der Waals surface area contributed by atoms with Crippen LogP contribution in [0.25, 0.3) is 0 Å². The molecule has 1 N–H and O–H groups in total. The summed E-state index contributed by atoms with van der Waals surface area (Å²) < 4.78 is 5.71. The van der Waals surface area contributed by atoms with Crippen molar-refractivity contribution >= 4 is 17.5 Å². The van der Waals surface area contributed by atoms with Gasteiger partial charge in [0.15, 0.2) is 5.82 Å². The average Bonchev–Trinajstić information content (AvgIpc) is 3.49. The molecule has 2 amide bonds. The maximum atomic E-state index is 12.8. The number of aromatic nitrogens is 2. The van der Waals surface area contributed by atoms with Crippen LogP contribution in [-0.2, 0) is 21.4 Å². The molecule has 2 aliphatic rings. The number of carbonyl (C=O) groups is 2. The summed E-state index contributed by atoms with van der Waals surface area (Å²) in [5.74, 6) is 0.344. The highest BCUT2D eigenvalue weighted by Crippen LogP contribution is 2.50. The van der Waals surface area contributed by atoms with Gasteiger partial charge in [-0.05, 0) is 36.5 Å². The number of rotatable bonds is 4. The van der Waals surface area contributed by atoms with Gasteiger partial charge in [-0.3, -0.25) is 9.59 Å². The molecule has 0 unspecified atom stereocenters. The molecule has 7 heteroatoms. The van der Waals surface area contributed by atoms with Crippen LogP contribution in [-0.4, -0.2) is 39.9 Å². The minimum Gasteiger partial charge on any atom is -0.339 e. The molecule has 3 aromatic rings. The number of carbonyl (C=O) groups excluding carboxylic acids is 2. The van der Waals surface area contributed by atoms with E-state index in [0.29, 0.717) is 36.9 Å². The van der Waals surface area contributed by atoms with E-state index in [-0.39, 0.29) is 11.3 Å². The Labute approximate surface area is 180 Å². The van der Waals surface area contributed by atoms with E-state index in [1.54, 1.807) is 17.0 Å². The van der Waals surface area contributed by atoms with Gasteiger partial charge in [0.25, 0.3) is 0 Å². The largest absolute Gasteiger partial charge is 0.339 e. The maximum Gasteiger partial charge on any atom is 0.313 e. The van der Waals surface area contributed by atoms with E-state index in [9.17, 15) is 9.59 Å². The number of hydrogen-bond donors (Lipinski definition) is 1. The Morgan fingerprint density at radius 3 is 2.61 bits per heavy atom. The number of fused-ring (bicyclic) bond motifs is 1. The second-order valence-electron chi connectivity index (χ2n) is 8.43. The van der Waals surface area contributed by atoms with E-state index in [0.717, 1.165) is 24.8 Å². The molecule has 7 nitrogen and oxygen atoms in total. The monoisotopic (exact) mass is 416 g/mol. The lowest BCUT2D eigenvalue weighted by molar-refractivity contribution is -0.142. The minimum absolute atomic E-state index is 0.228. The summed E-state index contributed by atoms with van der Waals surface area (Å²) >= 11 is 0. The van der Waals surface area contributed by atoms with Crippen LogP contribution in [0.15, 0.2) is 65.2 Å². The van der Waals surface area contributed by atoms with Crippen molar-refractivity contribution in [2.24, 2.45) is 5.92 Å². The zero-order valence-corrected chi connectivity index (χ0v) is 17.2. The van der Waals surface area contributed by atoms with E-state index in [4.69, 9.17) is 9.51 Å². The molecule has 1 saturated carbocycles. The van der Waals surface area contributed by atoms with Crippen molar-refractivity contribution in [3.05, 3.63) is 77.9 Å². The first-order valence-corrected chi connectivity index (χ1v) is 10.7. The van der Waals surface area contributed by atoms with Crippen LogP contribution in [0, 0.1) is 5.92 Å². The van der Waals surface area contributed by atoms with Crippen molar-refractivity contribution in [2.75, 3.05) is 18.4 Å². The summed E-state index contributed by atoms with van der Waals surface area (Å²) in [6.45, 7) is 0.975. The van der Waals surface area contributed by atoms with Crippen molar-refractivity contribution < 1.29 is 14.1 Å². The van der Waals surface area contributed by atoms with Crippen LogP contribution < -0.4 is 5.32 Å². The maximum absolute atomic E-state index is 12.8. The van der Waals surface area contributed by atoms with E-state index < -0.39 is 11.8 Å². The Morgan fingerprint density at radius 1 is 1.10 bits per heavy atom. The zero-order chi connectivity index (χ0) is 21.3. The van der Waals surface area contributed by atoms with Crippen LogP contribution in [0.3, 0.4) is 0 Å². The Kier molecular flexibility index (Phi) is 5.02. The molecule has 0 bridgehead atoms. The lowest BCUT2D eigenvalue weighted by atomic mass is 9.80. The number of nitrogens with zero attached hydrogens (tertiary/aromatic N) is 3. The number of likely N-dealkylation sites (tertiary alicyclic amines) is 1. The molecule has 2 heterocycles. The quantitative estimate of drug-likeness (QED) is 0.660. The molecular weight excluding hydrogens is 392 g/mol. The summed E-state index contributed by atoms with van der Waals surface area (Å²) in [7, 11) is 0. The zero-order valence-electron chi connectivity index (χ0n) is 17.2. The van der Waals surface area contributed by atoms with Crippen molar-refractivity contribution in [3.63, 3.8) is 0 Å². The fourth-order valence-corrected chi connectivity index (χ4v) is 4.95. The van der Waals surface area contributed by atoms with E-state index in [1.807, 2.05) is 48.5 Å². The fraction of sp³-hybridized carbons (Fsp3) is 0.333. The SMILES string of the molecule is O=C(Nc1ccccc1)C(=O)N1C[C@H]2CCC[C@@]2(c2nc(Cc3ccccc3)no2)C1. The summed E-state index contributed by atoms with van der Waals surface area (Å²) in [6.07, 6.45) is 3.53. The molecule has 2 atom stereocenters. The molecule has 1 saturated heterocycles. The minimum atomic E-state index is -0.614. The molecule has 0 spiro atoms. The first-order chi connectivity index (χ1) is 15.1. The molecule has 1 aliphatic carbocycles. The van der Waals surface area contributed by atoms with Gasteiger partial charge in [-0.25, -0.2) is 0 Å². The fourth-order valence-electron chi connectivity index (χ4n) is 4.95. The van der Waals surface area contributed by atoms with Gasteiger partial charge < -0.3 is 14.7 Å². The highest BCUT2D eigenvalue weighted by molar-refractivity contribution is 6.39. The second-order valence-corrected chi connectivity index (χ2v) is 8.43. The highest BCUT2D eigenvalue weighted by Gasteiger charge is 2.55. The molecular formula is C24H24N4O3. The van der Waals surface area contributed by atoms with Gasteiger partial charge in [0, 0.05) is 25.2 Å². The second kappa shape index (κ2) is 7.98. The van der Waals surface area contributed by atoms with Gasteiger partial charge in [0.1, 0.15) is 0 Å². The number of nitrogens with one attached hydrogen (secondary N) is 1. The molecule has 0 radical (unpaired) electrons. The van der Waals surface area contributed by atoms with Crippen molar-refractivity contribution in [1.29, 1.82) is 0 Å². The molecule has 1 aromatic heterocycles. The Bertz CT molecular complexity index is 1080. The van der Waals surface area contributed by atoms with Crippen LogP contribution in [0.5, 0.6) is 0 Å². The van der Waals surface area contributed by atoms with Gasteiger partial charge in [-0.2, -0.15) is 4.98 Å². The summed E-state index contributed by atoms with van der Waals surface area (Å²) in [4.78, 5) is 31.7. The third kappa shape index (κ3) is 3.71. The van der Waals surface area contributed by atoms with Gasteiger partial charge in [-0.1, -0.05) is 60.1 Å². The standard InChI is InChI=1S/C24H24N4O3/c29-21(25-19-11-5-2-6-12-19)22(30)28-15-18-10-7-13-24(18,16-28)23-26-20(27-31-23)14-17-8-3-1-4-9-17/h1-6,8-9,11-12,18H,7,10,13-16H2,(H,25,29)/t18-,24-/m1/s1. The predicted octanol–water partition coefficient (Wildman–Crippen LogP) is 3.18. The Morgan fingerprint density at radius 2 is 1.84 bits per heavy atom. The molecule has 158 valence electrons. The Balaban J connectivity index is 1.31. The normalized spacial score (nSPS) is 22.3. The summed E-state index contributed by atoms with van der Waals surface area (Å²) in [5.41, 5.74) is 1.37. The van der Waals surface area contributed by atoms with E-state index in [1.165, 1.54) is 0 Å². The van der Waals surface area contributed by atoms with Crippen LogP contribution in [0.4, 0.5) is 5.69 Å². The number of hydrogen-bond acceptors (Lipinski definition) is 5.